The van der Waals surface area contributed by atoms with Crippen LogP contribution in [0.25, 0.3) is 16.9 Å². The number of carbonyl (C=O) groups excluding carboxylic acids is 2. The van der Waals surface area contributed by atoms with Crippen molar-refractivity contribution in [1.29, 1.82) is 0 Å². The lowest BCUT2D eigenvalue weighted by molar-refractivity contribution is -0.123. The van der Waals surface area contributed by atoms with E-state index in [4.69, 9.17) is 0 Å². The van der Waals surface area contributed by atoms with Gasteiger partial charge in [0.25, 0.3) is 5.91 Å². The Morgan fingerprint density at radius 3 is 2.20 bits per heavy atom. The van der Waals surface area contributed by atoms with Crippen LogP contribution in [0.1, 0.15) is 29.8 Å². The summed E-state index contributed by atoms with van der Waals surface area (Å²) in [7, 11) is 0. The van der Waals surface area contributed by atoms with Crippen molar-refractivity contribution in [3.8, 4) is 16.9 Å². The van der Waals surface area contributed by atoms with Crippen LogP contribution in [0.15, 0.2) is 60.9 Å². The number of piperidine rings is 1. The quantitative estimate of drug-likeness (QED) is 0.254. The van der Waals surface area contributed by atoms with Crippen molar-refractivity contribution < 1.29 is 31.5 Å². The van der Waals surface area contributed by atoms with E-state index in [1.165, 1.54) is 29.4 Å². The number of hydrogen-bond acceptors (Lipinski definition) is 5. The summed E-state index contributed by atoms with van der Waals surface area (Å²) in [5, 5.41) is 4.32. The third-order valence-electron chi connectivity index (χ3n) is 7.79. The number of carbonyl (C=O) groups is 2. The van der Waals surface area contributed by atoms with Gasteiger partial charge < -0.3 is 9.80 Å². The summed E-state index contributed by atoms with van der Waals surface area (Å²) in [5.74, 6) is -6.94. The van der Waals surface area contributed by atoms with E-state index >= 15 is 0 Å². The largest absolute Gasteiger partial charge is 0.358 e. The molecule has 0 N–H and O–H groups in total. The molecule has 0 aliphatic carbocycles. The maximum absolute atomic E-state index is 14.1. The molecule has 2 aliphatic heterocycles. The first kappa shape index (κ1) is 26.6. The average Bonchev–Trinajstić information content (AvgIpc) is 3.56. The van der Waals surface area contributed by atoms with E-state index in [9.17, 15) is 31.5 Å². The number of amides is 1. The van der Waals surface area contributed by atoms with Crippen LogP contribution in [0.2, 0.25) is 0 Å². The summed E-state index contributed by atoms with van der Waals surface area (Å²) in [6.45, 7) is 0.709. The Morgan fingerprint density at radius 2 is 1.54 bits per heavy atom. The van der Waals surface area contributed by atoms with Crippen molar-refractivity contribution in [2.45, 2.75) is 24.8 Å². The summed E-state index contributed by atoms with van der Waals surface area (Å²) >= 11 is 0. The Morgan fingerprint density at radius 1 is 0.829 bits per heavy atom. The third kappa shape index (κ3) is 4.52. The Hall–Kier alpha value is -4.61. The van der Waals surface area contributed by atoms with Crippen LogP contribution in [0, 0.1) is 29.1 Å². The van der Waals surface area contributed by atoms with Crippen LogP contribution in [-0.2, 0) is 4.79 Å². The van der Waals surface area contributed by atoms with Gasteiger partial charge in [-0.15, -0.1) is 0 Å². The monoisotopic (exact) mass is 567 g/mol. The molecule has 0 radical (unpaired) electrons. The Bertz CT molecular complexity index is 1640. The van der Waals surface area contributed by atoms with Gasteiger partial charge >= 0.3 is 0 Å². The van der Waals surface area contributed by atoms with Gasteiger partial charge in [0.05, 0.1) is 11.4 Å². The number of anilines is 1. The van der Waals surface area contributed by atoms with Crippen LogP contribution in [0.3, 0.4) is 0 Å². The molecule has 6 rings (SSSR count). The Labute approximate surface area is 230 Å². The molecule has 2 fully saturated rings. The Kier molecular flexibility index (Phi) is 6.55. The van der Waals surface area contributed by atoms with Gasteiger partial charge in [-0.25, -0.2) is 26.6 Å². The molecule has 12 heteroatoms. The zero-order chi connectivity index (χ0) is 28.9. The molecular weight excluding hydrogens is 545 g/mol. The van der Waals surface area contributed by atoms with Crippen molar-refractivity contribution in [1.82, 2.24) is 19.7 Å². The standard InChI is InChI=1S/C29H22F5N5O2/c30-20-4-3-18(12-21(20)31)38-9-5-26(40)29(38)6-10-37(11-7-29)28(41)24-15-25(17-2-1-8-35-16-17)39(36-24)19-13-22(32)27(34)23(33)14-19/h1-4,8,12-16H,5-7,9-11H2. The number of benzene rings is 2. The first-order chi connectivity index (χ1) is 19.7. The van der Waals surface area contributed by atoms with Crippen molar-refractivity contribution in [3.05, 3.63) is 95.7 Å². The minimum absolute atomic E-state index is 0.0276. The van der Waals surface area contributed by atoms with Gasteiger partial charge in [-0.05, 0) is 43.2 Å². The second-order valence-electron chi connectivity index (χ2n) is 10.0. The van der Waals surface area contributed by atoms with Crippen molar-refractivity contribution >= 4 is 17.4 Å². The van der Waals surface area contributed by atoms with Gasteiger partial charge in [0.15, 0.2) is 40.6 Å². The minimum atomic E-state index is -1.62. The number of halogens is 5. The van der Waals surface area contributed by atoms with E-state index in [1.807, 2.05) is 0 Å². The number of rotatable bonds is 4. The van der Waals surface area contributed by atoms with E-state index < -0.39 is 40.5 Å². The van der Waals surface area contributed by atoms with Gasteiger partial charge in [-0.2, -0.15) is 5.10 Å². The highest BCUT2D eigenvalue weighted by molar-refractivity contribution is 5.97. The molecule has 210 valence electrons. The molecule has 1 spiro atoms. The molecule has 4 aromatic rings. The number of hydrogen-bond donors (Lipinski definition) is 0. The van der Waals surface area contributed by atoms with Gasteiger partial charge in [0.1, 0.15) is 5.54 Å². The predicted octanol–water partition coefficient (Wildman–Crippen LogP) is 5.08. The van der Waals surface area contributed by atoms with Gasteiger partial charge in [0, 0.05) is 67.9 Å². The zero-order valence-corrected chi connectivity index (χ0v) is 21.5. The fraction of sp³-hybridized carbons (Fsp3) is 0.241. The number of pyridine rings is 1. The molecule has 2 saturated heterocycles. The summed E-state index contributed by atoms with van der Waals surface area (Å²) in [6.07, 6.45) is 3.80. The van der Waals surface area contributed by atoms with E-state index in [1.54, 1.807) is 17.0 Å². The topological polar surface area (TPSA) is 71.3 Å². The first-order valence-corrected chi connectivity index (χ1v) is 12.9. The number of likely N-dealkylation sites (tertiary alicyclic amines) is 1. The second kappa shape index (κ2) is 10.1. The molecule has 4 heterocycles. The molecule has 0 bridgehead atoms. The number of ketones is 1. The highest BCUT2D eigenvalue weighted by Crippen LogP contribution is 2.40. The minimum Gasteiger partial charge on any atom is -0.358 e. The predicted molar refractivity (Wildman–Crippen MR) is 138 cm³/mol. The summed E-state index contributed by atoms with van der Waals surface area (Å²) < 4.78 is 70.4. The average molecular weight is 568 g/mol. The molecular formula is C29H22F5N5O2. The van der Waals surface area contributed by atoms with Crippen molar-refractivity contribution in [3.63, 3.8) is 0 Å². The fourth-order valence-electron chi connectivity index (χ4n) is 5.70. The van der Waals surface area contributed by atoms with Crippen LogP contribution in [0.4, 0.5) is 27.6 Å². The Balaban J connectivity index is 1.29. The molecule has 7 nitrogen and oxygen atoms in total. The highest BCUT2D eigenvalue weighted by Gasteiger charge is 2.50. The van der Waals surface area contributed by atoms with Crippen LogP contribution in [-0.4, -0.2) is 56.5 Å². The maximum atomic E-state index is 14.1. The SMILES string of the molecule is O=C(c1cc(-c2cccnc2)n(-c2cc(F)c(F)c(F)c2)n1)N1CCC2(CC1)C(=O)CCN2c1ccc(F)c(F)c1. The van der Waals surface area contributed by atoms with E-state index in [0.717, 1.165) is 28.9 Å². The molecule has 0 atom stereocenters. The first-order valence-electron chi connectivity index (χ1n) is 12.9. The third-order valence-corrected chi connectivity index (χ3v) is 7.79. The lowest BCUT2D eigenvalue weighted by Gasteiger charge is -2.44. The van der Waals surface area contributed by atoms with E-state index in [-0.39, 0.29) is 49.5 Å². The van der Waals surface area contributed by atoms with E-state index in [0.29, 0.717) is 23.5 Å². The zero-order valence-electron chi connectivity index (χ0n) is 21.5. The van der Waals surface area contributed by atoms with Crippen LogP contribution >= 0.6 is 0 Å². The van der Waals surface area contributed by atoms with Crippen LogP contribution in [0.5, 0.6) is 0 Å². The highest BCUT2D eigenvalue weighted by atomic mass is 19.2. The normalized spacial score (nSPS) is 16.6. The molecule has 0 unspecified atom stereocenters. The van der Waals surface area contributed by atoms with E-state index in [2.05, 4.69) is 10.1 Å². The van der Waals surface area contributed by atoms with Gasteiger partial charge in [0.2, 0.25) is 0 Å². The molecule has 2 aromatic carbocycles. The van der Waals surface area contributed by atoms with Crippen molar-refractivity contribution in [2.75, 3.05) is 24.5 Å². The number of aromatic nitrogens is 3. The van der Waals surface area contributed by atoms with Gasteiger partial charge in [-0.3, -0.25) is 14.6 Å². The molecule has 41 heavy (non-hydrogen) atoms. The van der Waals surface area contributed by atoms with Crippen LogP contribution < -0.4 is 4.90 Å². The lowest BCUT2D eigenvalue weighted by atomic mass is 9.83. The molecule has 2 aliphatic rings. The summed E-state index contributed by atoms with van der Waals surface area (Å²) in [6, 6.07) is 9.86. The smallest absolute Gasteiger partial charge is 0.274 e. The second-order valence-corrected chi connectivity index (χ2v) is 10.0. The lowest BCUT2D eigenvalue weighted by Crippen LogP contribution is -2.56. The maximum Gasteiger partial charge on any atom is 0.274 e. The fourth-order valence-corrected chi connectivity index (χ4v) is 5.70. The summed E-state index contributed by atoms with van der Waals surface area (Å²) in [5.41, 5.74) is 0.0880. The summed E-state index contributed by atoms with van der Waals surface area (Å²) in [4.78, 5) is 34.0. The van der Waals surface area contributed by atoms with Gasteiger partial charge in [-0.1, -0.05) is 0 Å². The van der Waals surface area contributed by atoms with Crippen molar-refractivity contribution in [2.24, 2.45) is 0 Å². The number of nitrogens with zero attached hydrogens (tertiary/aromatic N) is 5. The molecule has 1 amide bonds. The number of Topliss-reactive ketones (excluding diaryl/α,β-unsaturated/α-hetero) is 1. The molecule has 0 saturated carbocycles. The molecule has 2 aromatic heterocycles.